The van der Waals surface area contributed by atoms with Crippen molar-refractivity contribution in [1.82, 2.24) is 4.98 Å². The van der Waals surface area contributed by atoms with Crippen molar-refractivity contribution in [3.8, 4) is 0 Å². The zero-order valence-electron chi connectivity index (χ0n) is 13.4. The lowest BCUT2D eigenvalue weighted by molar-refractivity contribution is 0.102. The molecular weight excluding hydrogens is 357 g/mol. The SMILES string of the molecule is Cc1cccc(NC(=O)c2cncc(Nc3cc(Cl)cc(Cl)c3)c2)c1. The Balaban J connectivity index is 1.77. The second-order valence-corrected chi connectivity index (χ2v) is 6.44. The van der Waals surface area contributed by atoms with Gasteiger partial charge in [0.25, 0.3) is 5.91 Å². The second kappa shape index (κ2) is 7.55. The van der Waals surface area contributed by atoms with Gasteiger partial charge in [-0.15, -0.1) is 0 Å². The number of carbonyl (C=O) groups is 1. The Morgan fingerprint density at radius 3 is 2.40 bits per heavy atom. The predicted molar refractivity (Wildman–Crippen MR) is 103 cm³/mol. The maximum atomic E-state index is 12.4. The summed E-state index contributed by atoms with van der Waals surface area (Å²) in [4.78, 5) is 16.5. The van der Waals surface area contributed by atoms with E-state index in [1.165, 1.54) is 6.20 Å². The van der Waals surface area contributed by atoms with Crippen molar-refractivity contribution in [2.45, 2.75) is 6.92 Å². The average Bonchev–Trinajstić information content (AvgIpc) is 2.54. The molecule has 2 aromatic carbocycles. The van der Waals surface area contributed by atoms with Crippen molar-refractivity contribution >= 4 is 46.2 Å². The monoisotopic (exact) mass is 371 g/mol. The van der Waals surface area contributed by atoms with Gasteiger partial charge in [0.1, 0.15) is 0 Å². The van der Waals surface area contributed by atoms with Gasteiger partial charge in [-0.05, 0) is 48.9 Å². The van der Waals surface area contributed by atoms with Crippen LogP contribution in [0.25, 0.3) is 0 Å². The third-order valence-electron chi connectivity index (χ3n) is 3.43. The summed E-state index contributed by atoms with van der Waals surface area (Å²) < 4.78 is 0. The van der Waals surface area contributed by atoms with Crippen LogP contribution >= 0.6 is 23.2 Å². The van der Waals surface area contributed by atoms with E-state index in [2.05, 4.69) is 15.6 Å². The minimum absolute atomic E-state index is 0.231. The average molecular weight is 372 g/mol. The second-order valence-electron chi connectivity index (χ2n) is 5.57. The van der Waals surface area contributed by atoms with E-state index in [1.54, 1.807) is 30.5 Å². The molecule has 0 bridgehead atoms. The number of aryl methyl sites for hydroxylation is 1. The molecule has 3 aromatic rings. The number of nitrogens with one attached hydrogen (secondary N) is 2. The number of anilines is 3. The lowest BCUT2D eigenvalue weighted by Gasteiger charge is -2.10. The highest BCUT2D eigenvalue weighted by Gasteiger charge is 2.08. The standard InChI is InChI=1S/C19H15Cl2N3O/c1-12-3-2-4-16(5-12)24-19(25)13-6-18(11-22-10-13)23-17-8-14(20)7-15(21)9-17/h2-11,23H,1H3,(H,24,25). The van der Waals surface area contributed by atoms with Gasteiger partial charge in [-0.1, -0.05) is 35.3 Å². The molecule has 6 heteroatoms. The van der Waals surface area contributed by atoms with Crippen molar-refractivity contribution in [3.05, 3.63) is 82.1 Å². The van der Waals surface area contributed by atoms with E-state index in [1.807, 2.05) is 31.2 Å². The Morgan fingerprint density at radius 1 is 0.920 bits per heavy atom. The number of amides is 1. The van der Waals surface area contributed by atoms with Crippen LogP contribution in [-0.2, 0) is 0 Å². The fraction of sp³-hybridized carbons (Fsp3) is 0.0526. The van der Waals surface area contributed by atoms with Gasteiger partial charge in [-0.25, -0.2) is 0 Å². The van der Waals surface area contributed by atoms with Crippen LogP contribution in [0.2, 0.25) is 10.0 Å². The smallest absolute Gasteiger partial charge is 0.257 e. The summed E-state index contributed by atoms with van der Waals surface area (Å²) in [5.74, 6) is -0.231. The van der Waals surface area contributed by atoms with E-state index in [-0.39, 0.29) is 5.91 Å². The number of benzene rings is 2. The summed E-state index contributed by atoms with van der Waals surface area (Å²) in [7, 11) is 0. The largest absolute Gasteiger partial charge is 0.354 e. The van der Waals surface area contributed by atoms with Gasteiger partial charge in [-0.2, -0.15) is 0 Å². The zero-order valence-corrected chi connectivity index (χ0v) is 14.9. The zero-order chi connectivity index (χ0) is 17.8. The summed E-state index contributed by atoms with van der Waals surface area (Å²) in [5, 5.41) is 7.05. The van der Waals surface area contributed by atoms with E-state index in [9.17, 15) is 4.79 Å². The summed E-state index contributed by atoms with van der Waals surface area (Å²) in [6.07, 6.45) is 3.14. The van der Waals surface area contributed by atoms with Gasteiger partial charge in [0, 0.05) is 27.6 Å². The molecule has 2 N–H and O–H groups in total. The number of hydrogen-bond donors (Lipinski definition) is 2. The molecule has 0 radical (unpaired) electrons. The molecule has 1 amide bonds. The molecule has 0 aliphatic rings. The predicted octanol–water partition coefficient (Wildman–Crippen LogP) is 5.69. The molecule has 0 unspecified atom stereocenters. The third kappa shape index (κ3) is 4.72. The van der Waals surface area contributed by atoms with Gasteiger partial charge < -0.3 is 10.6 Å². The number of rotatable bonds is 4. The highest BCUT2D eigenvalue weighted by atomic mass is 35.5. The molecule has 3 rings (SSSR count). The van der Waals surface area contributed by atoms with E-state index in [0.29, 0.717) is 21.3 Å². The first-order chi connectivity index (χ1) is 12.0. The Hall–Kier alpha value is -2.56. The Kier molecular flexibility index (Phi) is 5.22. The summed E-state index contributed by atoms with van der Waals surface area (Å²) in [5.41, 5.74) is 3.64. The van der Waals surface area contributed by atoms with E-state index < -0.39 is 0 Å². The first-order valence-electron chi connectivity index (χ1n) is 7.56. The number of nitrogens with zero attached hydrogens (tertiary/aromatic N) is 1. The molecular formula is C19H15Cl2N3O. The molecule has 0 saturated heterocycles. The van der Waals surface area contributed by atoms with Gasteiger partial charge in [-0.3, -0.25) is 9.78 Å². The van der Waals surface area contributed by atoms with Crippen molar-refractivity contribution in [2.24, 2.45) is 0 Å². The fourth-order valence-electron chi connectivity index (χ4n) is 2.35. The third-order valence-corrected chi connectivity index (χ3v) is 3.86. The van der Waals surface area contributed by atoms with Crippen LogP contribution in [0.15, 0.2) is 60.9 Å². The van der Waals surface area contributed by atoms with Gasteiger partial charge in [0.15, 0.2) is 0 Å². The van der Waals surface area contributed by atoms with Crippen LogP contribution < -0.4 is 10.6 Å². The number of pyridine rings is 1. The van der Waals surface area contributed by atoms with E-state index >= 15 is 0 Å². The maximum Gasteiger partial charge on any atom is 0.257 e. The number of carbonyl (C=O) groups excluding carboxylic acids is 1. The summed E-state index contributed by atoms with van der Waals surface area (Å²) in [6.45, 7) is 1.97. The molecule has 0 spiro atoms. The minimum atomic E-state index is -0.231. The van der Waals surface area contributed by atoms with Gasteiger partial charge >= 0.3 is 0 Å². The van der Waals surface area contributed by atoms with Crippen LogP contribution in [0.4, 0.5) is 17.1 Å². The van der Waals surface area contributed by atoms with Crippen LogP contribution in [0.5, 0.6) is 0 Å². The number of halogens is 2. The molecule has 0 atom stereocenters. The summed E-state index contributed by atoms with van der Waals surface area (Å²) >= 11 is 12.0. The highest BCUT2D eigenvalue weighted by Crippen LogP contribution is 2.25. The van der Waals surface area contributed by atoms with Gasteiger partial charge in [0.05, 0.1) is 17.4 Å². The Morgan fingerprint density at radius 2 is 1.68 bits per heavy atom. The molecule has 1 heterocycles. The quantitative estimate of drug-likeness (QED) is 0.618. The number of aromatic nitrogens is 1. The lowest BCUT2D eigenvalue weighted by Crippen LogP contribution is -2.12. The van der Waals surface area contributed by atoms with E-state index in [0.717, 1.165) is 16.9 Å². The van der Waals surface area contributed by atoms with Crippen molar-refractivity contribution in [3.63, 3.8) is 0 Å². The molecule has 1 aromatic heterocycles. The summed E-state index contributed by atoms with van der Waals surface area (Å²) in [6, 6.07) is 14.5. The Labute approximate surface area is 155 Å². The van der Waals surface area contributed by atoms with Crippen LogP contribution in [-0.4, -0.2) is 10.9 Å². The minimum Gasteiger partial charge on any atom is -0.354 e. The van der Waals surface area contributed by atoms with E-state index in [4.69, 9.17) is 23.2 Å². The molecule has 0 aliphatic heterocycles. The molecule has 0 aliphatic carbocycles. The number of hydrogen-bond acceptors (Lipinski definition) is 3. The lowest BCUT2D eigenvalue weighted by atomic mass is 10.2. The molecule has 25 heavy (non-hydrogen) atoms. The maximum absolute atomic E-state index is 12.4. The Bertz CT molecular complexity index is 908. The van der Waals surface area contributed by atoms with Gasteiger partial charge in [0.2, 0.25) is 0 Å². The normalized spacial score (nSPS) is 10.4. The highest BCUT2D eigenvalue weighted by molar-refractivity contribution is 6.35. The molecule has 126 valence electrons. The molecule has 0 saturated carbocycles. The first kappa shape index (κ1) is 17.3. The molecule has 4 nitrogen and oxygen atoms in total. The topological polar surface area (TPSA) is 54.0 Å². The van der Waals surface area contributed by atoms with Crippen molar-refractivity contribution < 1.29 is 4.79 Å². The van der Waals surface area contributed by atoms with Crippen LogP contribution in [0.3, 0.4) is 0 Å². The van der Waals surface area contributed by atoms with Crippen LogP contribution in [0.1, 0.15) is 15.9 Å². The fourth-order valence-corrected chi connectivity index (χ4v) is 2.88. The molecule has 0 fully saturated rings. The van der Waals surface area contributed by atoms with Crippen molar-refractivity contribution in [2.75, 3.05) is 10.6 Å². The first-order valence-corrected chi connectivity index (χ1v) is 8.31. The van der Waals surface area contributed by atoms with Crippen molar-refractivity contribution in [1.29, 1.82) is 0 Å². The van der Waals surface area contributed by atoms with Crippen LogP contribution in [0, 0.1) is 6.92 Å².